The van der Waals surface area contributed by atoms with Crippen LogP contribution in [0.25, 0.3) is 10.9 Å². The SMILES string of the molecule is COc1cccc2c1ccn2Cc1cc(N)cc(F)c1. The van der Waals surface area contributed by atoms with E-state index in [2.05, 4.69) is 0 Å². The van der Waals surface area contributed by atoms with Gasteiger partial charge in [-0.25, -0.2) is 4.39 Å². The molecule has 0 aliphatic heterocycles. The van der Waals surface area contributed by atoms with Crippen LogP contribution in [0.2, 0.25) is 0 Å². The predicted molar refractivity (Wildman–Crippen MR) is 78.4 cm³/mol. The Morgan fingerprint density at radius 1 is 1.20 bits per heavy atom. The number of rotatable bonds is 3. The summed E-state index contributed by atoms with van der Waals surface area (Å²) in [5.74, 6) is 0.522. The molecule has 0 spiro atoms. The van der Waals surface area contributed by atoms with E-state index in [0.29, 0.717) is 12.2 Å². The van der Waals surface area contributed by atoms with Crippen molar-refractivity contribution in [2.24, 2.45) is 0 Å². The lowest BCUT2D eigenvalue weighted by molar-refractivity contribution is 0.420. The molecular weight excluding hydrogens is 255 g/mol. The summed E-state index contributed by atoms with van der Waals surface area (Å²) in [5.41, 5.74) is 8.00. The van der Waals surface area contributed by atoms with Crippen molar-refractivity contribution in [1.29, 1.82) is 0 Å². The first-order valence-electron chi connectivity index (χ1n) is 6.34. The first-order valence-corrected chi connectivity index (χ1v) is 6.34. The monoisotopic (exact) mass is 270 g/mol. The van der Waals surface area contributed by atoms with E-state index in [9.17, 15) is 4.39 Å². The maximum Gasteiger partial charge on any atom is 0.128 e. The maximum absolute atomic E-state index is 13.4. The van der Waals surface area contributed by atoms with Crippen LogP contribution in [0.4, 0.5) is 10.1 Å². The molecule has 0 amide bonds. The standard InChI is InChI=1S/C16H15FN2O/c1-20-16-4-2-3-15-14(16)5-6-19(15)10-11-7-12(17)9-13(18)8-11/h2-9H,10,18H2,1H3. The molecule has 4 heteroatoms. The van der Waals surface area contributed by atoms with E-state index in [1.807, 2.05) is 35.0 Å². The van der Waals surface area contributed by atoms with Crippen molar-refractivity contribution in [1.82, 2.24) is 4.57 Å². The molecule has 102 valence electrons. The van der Waals surface area contributed by atoms with E-state index in [1.165, 1.54) is 12.1 Å². The summed E-state index contributed by atoms with van der Waals surface area (Å²) >= 11 is 0. The lowest BCUT2D eigenvalue weighted by Crippen LogP contribution is -2.00. The van der Waals surface area contributed by atoms with Crippen molar-refractivity contribution in [2.75, 3.05) is 12.8 Å². The third-order valence-corrected chi connectivity index (χ3v) is 3.33. The van der Waals surface area contributed by atoms with Crippen LogP contribution in [0.5, 0.6) is 5.75 Å². The van der Waals surface area contributed by atoms with Gasteiger partial charge in [-0.1, -0.05) is 6.07 Å². The quantitative estimate of drug-likeness (QED) is 0.741. The minimum Gasteiger partial charge on any atom is -0.496 e. The van der Waals surface area contributed by atoms with Crippen LogP contribution in [0, 0.1) is 5.82 Å². The second-order valence-electron chi connectivity index (χ2n) is 4.73. The Labute approximate surface area is 116 Å². The molecule has 0 fully saturated rings. The largest absolute Gasteiger partial charge is 0.496 e. The summed E-state index contributed by atoms with van der Waals surface area (Å²) in [7, 11) is 1.65. The van der Waals surface area contributed by atoms with Crippen molar-refractivity contribution in [2.45, 2.75) is 6.54 Å². The minimum absolute atomic E-state index is 0.311. The Morgan fingerprint density at radius 2 is 2.05 bits per heavy atom. The van der Waals surface area contributed by atoms with Gasteiger partial charge < -0.3 is 15.0 Å². The first-order chi connectivity index (χ1) is 9.67. The molecule has 0 radical (unpaired) electrons. The highest BCUT2D eigenvalue weighted by atomic mass is 19.1. The molecule has 2 N–H and O–H groups in total. The van der Waals surface area contributed by atoms with Crippen LogP contribution in [0.1, 0.15) is 5.56 Å². The normalized spacial score (nSPS) is 10.9. The molecule has 0 bridgehead atoms. The lowest BCUT2D eigenvalue weighted by atomic mass is 10.2. The Bertz CT molecular complexity index is 744. The van der Waals surface area contributed by atoms with Crippen LogP contribution in [-0.2, 0) is 6.54 Å². The summed E-state index contributed by atoms with van der Waals surface area (Å²) in [6, 6.07) is 12.5. The topological polar surface area (TPSA) is 40.2 Å². The van der Waals surface area contributed by atoms with E-state index in [4.69, 9.17) is 10.5 Å². The van der Waals surface area contributed by atoms with E-state index >= 15 is 0 Å². The van der Waals surface area contributed by atoms with Gasteiger partial charge in [0.25, 0.3) is 0 Å². The second kappa shape index (κ2) is 4.89. The van der Waals surface area contributed by atoms with Gasteiger partial charge in [-0.05, 0) is 42.0 Å². The van der Waals surface area contributed by atoms with Gasteiger partial charge in [-0.3, -0.25) is 0 Å². The Kier molecular flexibility index (Phi) is 3.06. The van der Waals surface area contributed by atoms with Gasteiger partial charge in [0.15, 0.2) is 0 Å². The highest BCUT2D eigenvalue weighted by molar-refractivity contribution is 5.86. The number of benzene rings is 2. The Morgan fingerprint density at radius 3 is 2.80 bits per heavy atom. The molecule has 0 aliphatic rings. The number of methoxy groups -OCH3 is 1. The lowest BCUT2D eigenvalue weighted by Gasteiger charge is -2.08. The molecule has 3 aromatic rings. The Balaban J connectivity index is 2.03. The number of nitrogens with two attached hydrogens (primary N) is 1. The van der Waals surface area contributed by atoms with Crippen LogP contribution < -0.4 is 10.5 Å². The average Bonchev–Trinajstić information content (AvgIpc) is 2.81. The third kappa shape index (κ3) is 2.20. The third-order valence-electron chi connectivity index (χ3n) is 3.33. The minimum atomic E-state index is -0.311. The average molecular weight is 270 g/mol. The zero-order chi connectivity index (χ0) is 14.1. The zero-order valence-corrected chi connectivity index (χ0v) is 11.1. The summed E-state index contributed by atoms with van der Waals surface area (Å²) in [4.78, 5) is 0. The van der Waals surface area contributed by atoms with Crippen molar-refractivity contribution in [3.05, 3.63) is 60.0 Å². The number of hydrogen-bond donors (Lipinski definition) is 1. The van der Waals surface area contributed by atoms with Gasteiger partial charge in [0.2, 0.25) is 0 Å². The van der Waals surface area contributed by atoms with Gasteiger partial charge in [0, 0.05) is 23.8 Å². The number of nitrogen functional groups attached to an aromatic ring is 1. The van der Waals surface area contributed by atoms with Gasteiger partial charge in [-0.2, -0.15) is 0 Å². The van der Waals surface area contributed by atoms with E-state index in [0.717, 1.165) is 22.2 Å². The Hall–Kier alpha value is -2.49. The molecule has 0 atom stereocenters. The molecule has 1 heterocycles. The number of aromatic nitrogens is 1. The molecule has 0 unspecified atom stereocenters. The highest BCUT2D eigenvalue weighted by Gasteiger charge is 2.07. The summed E-state index contributed by atoms with van der Waals surface area (Å²) in [6.07, 6.45) is 1.97. The number of nitrogens with zero attached hydrogens (tertiary/aromatic N) is 1. The van der Waals surface area contributed by atoms with Crippen molar-refractivity contribution in [3.8, 4) is 5.75 Å². The molecular formula is C16H15FN2O. The smallest absolute Gasteiger partial charge is 0.128 e. The second-order valence-corrected chi connectivity index (χ2v) is 4.73. The fourth-order valence-corrected chi connectivity index (χ4v) is 2.47. The summed E-state index contributed by atoms with van der Waals surface area (Å²) in [5, 5.41) is 1.04. The molecule has 0 saturated heterocycles. The fraction of sp³-hybridized carbons (Fsp3) is 0.125. The number of hydrogen-bond acceptors (Lipinski definition) is 2. The number of anilines is 1. The van der Waals surface area contributed by atoms with Gasteiger partial charge in [0.1, 0.15) is 11.6 Å². The van der Waals surface area contributed by atoms with Crippen molar-refractivity contribution in [3.63, 3.8) is 0 Å². The summed E-state index contributed by atoms with van der Waals surface area (Å²) in [6.45, 7) is 0.568. The van der Waals surface area contributed by atoms with Gasteiger partial charge in [0.05, 0.1) is 12.6 Å². The number of ether oxygens (including phenoxy) is 1. The van der Waals surface area contributed by atoms with Crippen molar-refractivity contribution < 1.29 is 9.13 Å². The van der Waals surface area contributed by atoms with E-state index in [1.54, 1.807) is 13.2 Å². The molecule has 3 rings (SSSR count). The van der Waals surface area contributed by atoms with Crippen LogP contribution in [0.3, 0.4) is 0 Å². The first kappa shape index (κ1) is 12.5. The maximum atomic E-state index is 13.4. The van der Waals surface area contributed by atoms with E-state index in [-0.39, 0.29) is 5.82 Å². The fourth-order valence-electron chi connectivity index (χ4n) is 2.47. The molecule has 1 aromatic heterocycles. The van der Waals surface area contributed by atoms with E-state index < -0.39 is 0 Å². The van der Waals surface area contributed by atoms with Crippen LogP contribution in [-0.4, -0.2) is 11.7 Å². The molecule has 0 saturated carbocycles. The molecule has 2 aromatic carbocycles. The van der Waals surface area contributed by atoms with Gasteiger partial charge >= 0.3 is 0 Å². The number of halogens is 1. The number of fused-ring (bicyclic) bond motifs is 1. The van der Waals surface area contributed by atoms with Crippen LogP contribution in [0.15, 0.2) is 48.7 Å². The molecule has 0 aliphatic carbocycles. The van der Waals surface area contributed by atoms with Crippen molar-refractivity contribution >= 4 is 16.6 Å². The van der Waals surface area contributed by atoms with Crippen LogP contribution >= 0.6 is 0 Å². The zero-order valence-electron chi connectivity index (χ0n) is 11.1. The van der Waals surface area contributed by atoms with Gasteiger partial charge in [-0.15, -0.1) is 0 Å². The molecule has 3 nitrogen and oxygen atoms in total. The predicted octanol–water partition coefficient (Wildman–Crippen LogP) is 3.42. The highest BCUT2D eigenvalue weighted by Crippen LogP contribution is 2.27. The summed E-state index contributed by atoms with van der Waals surface area (Å²) < 4.78 is 20.8. The molecule has 20 heavy (non-hydrogen) atoms.